The average molecular weight is 235 g/mol. The summed E-state index contributed by atoms with van der Waals surface area (Å²) >= 11 is 1.27. The van der Waals surface area contributed by atoms with Crippen molar-refractivity contribution >= 4 is 17.6 Å². The molecule has 0 amide bonds. The Morgan fingerprint density at radius 3 is 2.94 bits per heavy atom. The lowest BCUT2D eigenvalue weighted by Crippen LogP contribution is -2.13. The summed E-state index contributed by atoms with van der Waals surface area (Å²) in [5.74, 6) is -0.0813. The molecule has 0 saturated heterocycles. The Labute approximate surface area is 95.6 Å². The summed E-state index contributed by atoms with van der Waals surface area (Å²) in [6.45, 7) is 0. The first-order chi connectivity index (χ1) is 7.66. The topological polar surface area (TPSA) is 106 Å². The number of nitrogens with one attached hydrogen (secondary N) is 1. The van der Waals surface area contributed by atoms with E-state index in [1.165, 1.54) is 18.1 Å². The quantitative estimate of drug-likeness (QED) is 0.442. The summed E-state index contributed by atoms with van der Waals surface area (Å²) in [4.78, 5) is 12.2. The highest BCUT2D eigenvalue weighted by atomic mass is 32.2. The van der Waals surface area contributed by atoms with Crippen LogP contribution in [0.1, 0.15) is 5.69 Å². The minimum atomic E-state index is -0.0813. The molecule has 8 heteroatoms. The average Bonchev–Trinajstić information content (AvgIpc) is 2.65. The largest absolute Gasteiger partial charge is 0.382 e. The summed E-state index contributed by atoms with van der Waals surface area (Å²) in [7, 11) is 1.78. The molecule has 2 aromatic heterocycles. The predicted molar refractivity (Wildman–Crippen MR) is 58.2 cm³/mol. The Kier molecular flexibility index (Phi) is 2.82. The minimum Gasteiger partial charge on any atom is -0.382 e. The normalized spacial score (nSPS) is 10.3. The molecule has 0 fully saturated rings. The van der Waals surface area contributed by atoms with Crippen molar-refractivity contribution in [2.45, 2.75) is 10.3 Å². The van der Waals surface area contributed by atoms with Crippen LogP contribution in [0.15, 0.2) is 28.9 Å². The van der Waals surface area contributed by atoms with E-state index >= 15 is 0 Å². The van der Waals surface area contributed by atoms with Crippen molar-refractivity contribution < 1.29 is 0 Å². The zero-order chi connectivity index (χ0) is 11.5. The molecular weight excluding hydrogens is 226 g/mol. The molecule has 0 bridgehead atoms. The van der Waals surface area contributed by atoms with Gasteiger partial charge in [0.2, 0.25) is 0 Å². The highest BCUT2D eigenvalue weighted by Crippen LogP contribution is 2.20. The fourth-order valence-corrected chi connectivity index (χ4v) is 1.70. The van der Waals surface area contributed by atoms with E-state index in [0.717, 1.165) is 0 Å². The van der Waals surface area contributed by atoms with Crippen LogP contribution in [0.4, 0.5) is 0 Å². The van der Waals surface area contributed by atoms with Crippen LogP contribution in [0.25, 0.3) is 0 Å². The van der Waals surface area contributed by atoms with E-state index in [9.17, 15) is 0 Å². The SMILES string of the molecule is Cn1ncnc1Sc1nccc(C(=N)N)n1. The van der Waals surface area contributed by atoms with Crippen LogP contribution >= 0.6 is 11.8 Å². The van der Waals surface area contributed by atoms with Crippen LogP contribution < -0.4 is 5.73 Å². The van der Waals surface area contributed by atoms with Gasteiger partial charge < -0.3 is 5.73 Å². The Bertz CT molecular complexity index is 521. The van der Waals surface area contributed by atoms with Crippen LogP contribution in [0, 0.1) is 5.41 Å². The third kappa shape index (κ3) is 2.16. The maximum Gasteiger partial charge on any atom is 0.196 e. The van der Waals surface area contributed by atoms with E-state index in [1.807, 2.05) is 0 Å². The monoisotopic (exact) mass is 235 g/mol. The van der Waals surface area contributed by atoms with E-state index in [-0.39, 0.29) is 5.84 Å². The zero-order valence-corrected chi connectivity index (χ0v) is 9.27. The first-order valence-electron chi connectivity index (χ1n) is 4.36. The number of hydrogen-bond donors (Lipinski definition) is 2. The molecule has 2 heterocycles. The Morgan fingerprint density at radius 1 is 1.50 bits per heavy atom. The minimum absolute atomic E-state index is 0.0813. The number of nitrogens with zero attached hydrogens (tertiary/aromatic N) is 5. The van der Waals surface area contributed by atoms with Gasteiger partial charge in [-0.2, -0.15) is 5.10 Å². The van der Waals surface area contributed by atoms with Gasteiger partial charge in [-0.25, -0.2) is 19.6 Å². The fourth-order valence-electron chi connectivity index (χ4n) is 1.000. The van der Waals surface area contributed by atoms with Crippen molar-refractivity contribution in [3.63, 3.8) is 0 Å². The third-order valence-corrected chi connectivity index (χ3v) is 2.69. The first kappa shape index (κ1) is 10.6. The second-order valence-electron chi connectivity index (χ2n) is 2.91. The standard InChI is InChI=1S/C8H9N7S/c1-15-8(12-4-13-15)16-7-11-3-2-5(14-7)6(9)10/h2-4H,1H3,(H3,9,10). The Balaban J connectivity index is 2.25. The molecule has 3 N–H and O–H groups in total. The summed E-state index contributed by atoms with van der Waals surface area (Å²) in [6.07, 6.45) is 3.01. The summed E-state index contributed by atoms with van der Waals surface area (Å²) in [5.41, 5.74) is 5.74. The molecule has 0 aliphatic heterocycles. The van der Waals surface area contributed by atoms with Crippen molar-refractivity contribution in [1.82, 2.24) is 24.7 Å². The van der Waals surface area contributed by atoms with Gasteiger partial charge in [-0.1, -0.05) is 0 Å². The summed E-state index contributed by atoms with van der Waals surface area (Å²) in [6, 6.07) is 1.59. The number of aryl methyl sites for hydroxylation is 1. The van der Waals surface area contributed by atoms with Crippen LogP contribution in [0.5, 0.6) is 0 Å². The number of hydrogen-bond acceptors (Lipinski definition) is 6. The van der Waals surface area contributed by atoms with E-state index in [0.29, 0.717) is 16.0 Å². The van der Waals surface area contributed by atoms with E-state index in [4.69, 9.17) is 11.1 Å². The molecule has 0 atom stereocenters. The van der Waals surface area contributed by atoms with Crippen molar-refractivity contribution in [2.24, 2.45) is 12.8 Å². The summed E-state index contributed by atoms with van der Waals surface area (Å²) in [5, 5.41) is 12.4. The van der Waals surface area contributed by atoms with Crippen LogP contribution in [-0.2, 0) is 7.05 Å². The van der Waals surface area contributed by atoms with Crippen molar-refractivity contribution in [2.75, 3.05) is 0 Å². The predicted octanol–water partition coefficient (Wildman–Crippen LogP) is 0.0404. The molecule has 0 aliphatic carbocycles. The van der Waals surface area contributed by atoms with Crippen molar-refractivity contribution in [3.05, 3.63) is 24.3 Å². The van der Waals surface area contributed by atoms with Gasteiger partial charge in [-0.15, -0.1) is 0 Å². The summed E-state index contributed by atoms with van der Waals surface area (Å²) < 4.78 is 1.62. The maximum absolute atomic E-state index is 7.27. The van der Waals surface area contributed by atoms with Crippen molar-refractivity contribution in [1.29, 1.82) is 5.41 Å². The van der Waals surface area contributed by atoms with Gasteiger partial charge in [-0.3, -0.25) is 5.41 Å². The first-order valence-corrected chi connectivity index (χ1v) is 5.18. The van der Waals surface area contributed by atoms with Gasteiger partial charge in [0.05, 0.1) is 0 Å². The number of amidine groups is 1. The molecule has 0 unspecified atom stereocenters. The molecule has 0 radical (unpaired) electrons. The lowest BCUT2D eigenvalue weighted by atomic mass is 10.4. The number of rotatable bonds is 3. The van der Waals surface area contributed by atoms with Gasteiger partial charge in [0.25, 0.3) is 0 Å². The highest BCUT2D eigenvalue weighted by Gasteiger charge is 2.07. The molecule has 82 valence electrons. The fraction of sp³-hybridized carbons (Fsp3) is 0.125. The molecule has 0 aliphatic rings. The smallest absolute Gasteiger partial charge is 0.196 e. The van der Waals surface area contributed by atoms with Gasteiger partial charge in [0.15, 0.2) is 10.3 Å². The van der Waals surface area contributed by atoms with Gasteiger partial charge in [0, 0.05) is 13.2 Å². The van der Waals surface area contributed by atoms with Crippen LogP contribution in [-0.4, -0.2) is 30.6 Å². The van der Waals surface area contributed by atoms with Crippen LogP contribution in [0.2, 0.25) is 0 Å². The van der Waals surface area contributed by atoms with E-state index < -0.39 is 0 Å². The van der Waals surface area contributed by atoms with Crippen LogP contribution in [0.3, 0.4) is 0 Å². The van der Waals surface area contributed by atoms with E-state index in [2.05, 4.69) is 20.1 Å². The number of nitrogens with two attached hydrogens (primary N) is 1. The molecule has 2 rings (SSSR count). The molecule has 0 saturated carbocycles. The number of nitrogen functional groups attached to an aromatic ring is 1. The molecule has 0 spiro atoms. The van der Waals surface area contributed by atoms with Gasteiger partial charge in [0.1, 0.15) is 17.9 Å². The van der Waals surface area contributed by atoms with Gasteiger partial charge >= 0.3 is 0 Å². The molecule has 0 aromatic carbocycles. The molecule has 7 nitrogen and oxygen atoms in total. The van der Waals surface area contributed by atoms with E-state index in [1.54, 1.807) is 24.0 Å². The van der Waals surface area contributed by atoms with Crippen molar-refractivity contribution in [3.8, 4) is 0 Å². The highest BCUT2D eigenvalue weighted by molar-refractivity contribution is 7.99. The Hall–Kier alpha value is -1.96. The third-order valence-electron chi connectivity index (χ3n) is 1.76. The molecule has 2 aromatic rings. The lowest BCUT2D eigenvalue weighted by Gasteiger charge is -2.00. The second kappa shape index (κ2) is 4.27. The Morgan fingerprint density at radius 2 is 2.31 bits per heavy atom. The maximum atomic E-state index is 7.27. The van der Waals surface area contributed by atoms with Gasteiger partial charge in [-0.05, 0) is 17.8 Å². The zero-order valence-electron chi connectivity index (χ0n) is 8.45. The molecule has 16 heavy (non-hydrogen) atoms. The molecular formula is C8H9N7S. The number of aromatic nitrogens is 5. The second-order valence-corrected chi connectivity index (χ2v) is 3.84. The lowest BCUT2D eigenvalue weighted by molar-refractivity contribution is 0.683.